The standard InChI is InChI=1S/C16H26/c1-5-6-7-10-14(3)15(4)16-11-8-9-13(2)12-16/h8-9,11,14,16H,4-7,10,12H2,1-3H3/t14?,16-/m0/s1. The van der Waals surface area contributed by atoms with Crippen molar-refractivity contribution in [1.29, 1.82) is 0 Å². The van der Waals surface area contributed by atoms with Crippen molar-refractivity contribution >= 4 is 0 Å². The van der Waals surface area contributed by atoms with Crippen LogP contribution in [-0.2, 0) is 0 Å². The van der Waals surface area contributed by atoms with Crippen LogP contribution in [0.15, 0.2) is 36.0 Å². The first-order valence-corrected chi connectivity index (χ1v) is 6.67. The van der Waals surface area contributed by atoms with Gasteiger partial charge in [0.1, 0.15) is 0 Å². The lowest BCUT2D eigenvalue weighted by atomic mass is 9.82. The van der Waals surface area contributed by atoms with Gasteiger partial charge in [0, 0.05) is 5.92 Å². The Kier molecular flexibility index (Phi) is 5.59. The number of rotatable bonds is 6. The summed E-state index contributed by atoms with van der Waals surface area (Å²) < 4.78 is 0. The molecule has 0 heterocycles. The monoisotopic (exact) mass is 218 g/mol. The van der Waals surface area contributed by atoms with Gasteiger partial charge in [-0.3, -0.25) is 0 Å². The van der Waals surface area contributed by atoms with E-state index in [1.165, 1.54) is 43.3 Å². The van der Waals surface area contributed by atoms with Gasteiger partial charge in [-0.2, -0.15) is 0 Å². The maximum Gasteiger partial charge on any atom is 0.00170 e. The molecule has 0 amide bonds. The number of unbranched alkanes of at least 4 members (excludes halogenated alkanes) is 2. The summed E-state index contributed by atoms with van der Waals surface area (Å²) in [6.07, 6.45) is 13.2. The van der Waals surface area contributed by atoms with Crippen LogP contribution in [0.1, 0.15) is 52.9 Å². The molecule has 0 aromatic carbocycles. The minimum atomic E-state index is 0.585. The summed E-state index contributed by atoms with van der Waals surface area (Å²) in [6, 6.07) is 0. The van der Waals surface area contributed by atoms with Gasteiger partial charge in [-0.05, 0) is 25.7 Å². The average molecular weight is 218 g/mol. The summed E-state index contributed by atoms with van der Waals surface area (Å²) in [4.78, 5) is 0. The highest BCUT2D eigenvalue weighted by Crippen LogP contribution is 2.30. The van der Waals surface area contributed by atoms with Crippen LogP contribution < -0.4 is 0 Å². The Morgan fingerprint density at radius 3 is 2.88 bits per heavy atom. The summed E-state index contributed by atoms with van der Waals surface area (Å²) in [6.45, 7) is 11.1. The molecule has 2 atom stereocenters. The fourth-order valence-electron chi connectivity index (χ4n) is 2.34. The molecule has 0 nitrogen and oxygen atoms in total. The molecule has 0 N–H and O–H groups in total. The van der Waals surface area contributed by atoms with Gasteiger partial charge < -0.3 is 0 Å². The molecule has 0 saturated carbocycles. The average Bonchev–Trinajstić information content (AvgIpc) is 2.28. The Morgan fingerprint density at radius 2 is 2.25 bits per heavy atom. The van der Waals surface area contributed by atoms with Crippen LogP contribution in [0, 0.1) is 11.8 Å². The quantitative estimate of drug-likeness (QED) is 0.420. The fraction of sp³-hybridized carbons (Fsp3) is 0.625. The van der Waals surface area contributed by atoms with Gasteiger partial charge in [0.25, 0.3) is 0 Å². The molecule has 1 aliphatic rings. The molecule has 0 spiro atoms. The van der Waals surface area contributed by atoms with E-state index < -0.39 is 0 Å². The first-order chi connectivity index (χ1) is 7.65. The Bertz CT molecular complexity index is 280. The Morgan fingerprint density at radius 1 is 1.50 bits per heavy atom. The first-order valence-electron chi connectivity index (χ1n) is 6.67. The highest BCUT2D eigenvalue weighted by atomic mass is 14.2. The summed E-state index contributed by atoms with van der Waals surface area (Å²) in [7, 11) is 0. The molecule has 0 heteroatoms. The van der Waals surface area contributed by atoms with Crippen LogP contribution in [0.4, 0.5) is 0 Å². The lowest BCUT2D eigenvalue weighted by Gasteiger charge is -2.24. The van der Waals surface area contributed by atoms with E-state index >= 15 is 0 Å². The highest BCUT2D eigenvalue weighted by Gasteiger charge is 2.17. The van der Waals surface area contributed by atoms with Crippen molar-refractivity contribution in [3.05, 3.63) is 36.0 Å². The van der Waals surface area contributed by atoms with Gasteiger partial charge in [-0.15, -0.1) is 0 Å². The second-order valence-corrected chi connectivity index (χ2v) is 5.18. The predicted octanol–water partition coefficient (Wildman–Crippen LogP) is 5.28. The lowest BCUT2D eigenvalue weighted by Crippen LogP contribution is -2.10. The zero-order valence-corrected chi connectivity index (χ0v) is 11.1. The minimum Gasteiger partial charge on any atom is -0.0990 e. The van der Waals surface area contributed by atoms with Crippen molar-refractivity contribution < 1.29 is 0 Å². The third kappa shape index (κ3) is 4.00. The summed E-state index contributed by atoms with van der Waals surface area (Å²) in [5.41, 5.74) is 2.91. The molecule has 0 bridgehead atoms. The van der Waals surface area contributed by atoms with Crippen LogP contribution in [0.3, 0.4) is 0 Å². The van der Waals surface area contributed by atoms with Crippen molar-refractivity contribution in [3.63, 3.8) is 0 Å². The molecule has 90 valence electrons. The maximum atomic E-state index is 4.31. The topological polar surface area (TPSA) is 0 Å². The first kappa shape index (κ1) is 13.3. The third-order valence-corrected chi connectivity index (χ3v) is 3.62. The number of allylic oxidation sites excluding steroid dienone is 5. The molecule has 1 aliphatic carbocycles. The normalized spacial score (nSPS) is 21.7. The van der Waals surface area contributed by atoms with E-state index in [9.17, 15) is 0 Å². The molecular weight excluding hydrogens is 192 g/mol. The second kappa shape index (κ2) is 6.73. The summed E-state index contributed by atoms with van der Waals surface area (Å²) in [5.74, 6) is 1.26. The smallest absolute Gasteiger partial charge is 0.00170 e. The Hall–Kier alpha value is -0.780. The molecule has 16 heavy (non-hydrogen) atoms. The maximum absolute atomic E-state index is 4.31. The van der Waals surface area contributed by atoms with E-state index in [-0.39, 0.29) is 0 Å². The van der Waals surface area contributed by atoms with Crippen LogP contribution in [-0.4, -0.2) is 0 Å². The molecule has 1 rings (SSSR count). The van der Waals surface area contributed by atoms with Crippen molar-refractivity contribution in [1.82, 2.24) is 0 Å². The molecule has 0 fully saturated rings. The zero-order valence-electron chi connectivity index (χ0n) is 11.1. The number of hydrogen-bond acceptors (Lipinski definition) is 0. The summed E-state index contributed by atoms with van der Waals surface area (Å²) in [5, 5.41) is 0. The molecule has 0 aliphatic heterocycles. The van der Waals surface area contributed by atoms with Crippen LogP contribution in [0.2, 0.25) is 0 Å². The SMILES string of the molecule is C=C(C(C)CCCCC)[C@H]1C=CC=C(C)C1. The van der Waals surface area contributed by atoms with Gasteiger partial charge in [0.05, 0.1) is 0 Å². The van der Waals surface area contributed by atoms with Crippen LogP contribution in [0.25, 0.3) is 0 Å². The molecule has 0 radical (unpaired) electrons. The van der Waals surface area contributed by atoms with Crippen molar-refractivity contribution in [2.45, 2.75) is 52.9 Å². The van der Waals surface area contributed by atoms with Crippen molar-refractivity contribution in [2.24, 2.45) is 11.8 Å². The zero-order chi connectivity index (χ0) is 12.0. The Labute approximate surface area is 101 Å². The van der Waals surface area contributed by atoms with Gasteiger partial charge in [-0.1, -0.05) is 69.1 Å². The van der Waals surface area contributed by atoms with E-state index in [0.717, 1.165) is 0 Å². The van der Waals surface area contributed by atoms with Gasteiger partial charge in [0.15, 0.2) is 0 Å². The predicted molar refractivity (Wildman–Crippen MR) is 73.5 cm³/mol. The van der Waals surface area contributed by atoms with E-state index in [1.54, 1.807) is 0 Å². The highest BCUT2D eigenvalue weighted by molar-refractivity contribution is 5.25. The van der Waals surface area contributed by atoms with E-state index in [1.807, 2.05) is 0 Å². The van der Waals surface area contributed by atoms with E-state index in [4.69, 9.17) is 0 Å². The van der Waals surface area contributed by atoms with Gasteiger partial charge in [-0.25, -0.2) is 0 Å². The van der Waals surface area contributed by atoms with Crippen LogP contribution in [0.5, 0.6) is 0 Å². The van der Waals surface area contributed by atoms with Crippen molar-refractivity contribution in [2.75, 3.05) is 0 Å². The molecule has 1 unspecified atom stereocenters. The fourth-order valence-corrected chi connectivity index (χ4v) is 2.34. The molecule has 0 saturated heterocycles. The van der Waals surface area contributed by atoms with Crippen LogP contribution >= 0.6 is 0 Å². The Balaban J connectivity index is 2.39. The molecular formula is C16H26. The van der Waals surface area contributed by atoms with Gasteiger partial charge >= 0.3 is 0 Å². The molecule has 0 aromatic rings. The minimum absolute atomic E-state index is 0.585. The van der Waals surface area contributed by atoms with Gasteiger partial charge in [0.2, 0.25) is 0 Å². The lowest BCUT2D eigenvalue weighted by molar-refractivity contribution is 0.512. The number of hydrogen-bond donors (Lipinski definition) is 0. The molecule has 0 aromatic heterocycles. The van der Waals surface area contributed by atoms with E-state index in [2.05, 4.69) is 45.6 Å². The second-order valence-electron chi connectivity index (χ2n) is 5.18. The van der Waals surface area contributed by atoms with Crippen molar-refractivity contribution in [3.8, 4) is 0 Å². The van der Waals surface area contributed by atoms with E-state index in [0.29, 0.717) is 11.8 Å². The largest absolute Gasteiger partial charge is 0.0990 e. The summed E-state index contributed by atoms with van der Waals surface area (Å²) >= 11 is 0. The third-order valence-electron chi connectivity index (χ3n) is 3.62.